The predicted octanol–water partition coefficient (Wildman–Crippen LogP) is 3.32. The Kier molecular flexibility index (Phi) is 6.10. The molecule has 1 aromatic carbocycles. The molecule has 0 aliphatic rings. The number of carbonyl (C=O) groups excluding carboxylic acids is 1. The highest BCUT2D eigenvalue weighted by Crippen LogP contribution is 2.26. The van der Waals surface area contributed by atoms with Crippen molar-refractivity contribution in [3.63, 3.8) is 0 Å². The van der Waals surface area contributed by atoms with Crippen molar-refractivity contribution >= 4 is 28.0 Å². The number of hydrogen-bond donors (Lipinski definition) is 0. The Morgan fingerprint density at radius 2 is 2.26 bits per heavy atom. The highest BCUT2D eigenvalue weighted by atomic mass is 79.9. The van der Waals surface area contributed by atoms with Crippen LogP contribution in [0.5, 0.6) is 5.75 Å². The van der Waals surface area contributed by atoms with Gasteiger partial charge in [0.25, 0.3) is 0 Å². The molecule has 0 radical (unpaired) electrons. The summed E-state index contributed by atoms with van der Waals surface area (Å²) in [7, 11) is 1.24. The van der Waals surface area contributed by atoms with Crippen LogP contribution in [-0.4, -0.2) is 19.7 Å². The molecular weight excluding hydrogens is 310 g/mol. The molecule has 1 aromatic rings. The van der Waals surface area contributed by atoms with Gasteiger partial charge in [0.05, 0.1) is 13.7 Å². The average Bonchev–Trinajstić information content (AvgIpc) is 2.43. The molecule has 5 heteroatoms. The van der Waals surface area contributed by atoms with Gasteiger partial charge in [-0.25, -0.2) is 4.79 Å². The van der Waals surface area contributed by atoms with Gasteiger partial charge >= 0.3 is 5.97 Å². The van der Waals surface area contributed by atoms with Crippen LogP contribution in [0.15, 0.2) is 28.2 Å². The maximum absolute atomic E-state index is 11.4. The molecule has 4 nitrogen and oxygen atoms in total. The number of benzene rings is 1. The molecule has 19 heavy (non-hydrogen) atoms. The minimum atomic E-state index is -0.663. The summed E-state index contributed by atoms with van der Waals surface area (Å²) in [5.74, 6) is -0.0365. The zero-order valence-corrected chi connectivity index (χ0v) is 12.4. The first kappa shape index (κ1) is 15.3. The van der Waals surface area contributed by atoms with Gasteiger partial charge in [0, 0.05) is 10.0 Å². The molecule has 0 aliphatic heterocycles. The highest BCUT2D eigenvalue weighted by molar-refractivity contribution is 9.10. The van der Waals surface area contributed by atoms with E-state index in [2.05, 4.69) is 20.7 Å². The third-order valence-electron chi connectivity index (χ3n) is 2.26. The summed E-state index contributed by atoms with van der Waals surface area (Å²) in [6.45, 7) is 2.58. The second kappa shape index (κ2) is 7.59. The van der Waals surface area contributed by atoms with Crippen LogP contribution in [0, 0.1) is 11.3 Å². The van der Waals surface area contributed by atoms with E-state index in [1.165, 1.54) is 13.2 Å². The summed E-state index contributed by atoms with van der Waals surface area (Å²) >= 11 is 3.35. The zero-order valence-electron chi connectivity index (χ0n) is 10.8. The summed E-state index contributed by atoms with van der Waals surface area (Å²) in [5.41, 5.74) is 0.590. The van der Waals surface area contributed by atoms with Crippen LogP contribution in [0.25, 0.3) is 6.08 Å². The van der Waals surface area contributed by atoms with Crippen LogP contribution in [0.4, 0.5) is 0 Å². The number of rotatable bonds is 5. The lowest BCUT2D eigenvalue weighted by molar-refractivity contribution is -0.135. The zero-order chi connectivity index (χ0) is 14.3. The van der Waals surface area contributed by atoms with Crippen molar-refractivity contribution in [1.82, 2.24) is 0 Å². The Morgan fingerprint density at radius 3 is 2.84 bits per heavy atom. The minimum Gasteiger partial charge on any atom is -0.493 e. The van der Waals surface area contributed by atoms with E-state index in [1.807, 2.05) is 19.1 Å². The van der Waals surface area contributed by atoms with E-state index < -0.39 is 5.97 Å². The Balaban J connectivity index is 3.16. The van der Waals surface area contributed by atoms with Crippen molar-refractivity contribution in [1.29, 1.82) is 5.26 Å². The van der Waals surface area contributed by atoms with Crippen molar-refractivity contribution in [3.05, 3.63) is 33.8 Å². The molecule has 0 fully saturated rings. The normalized spacial score (nSPS) is 10.7. The van der Waals surface area contributed by atoms with Crippen molar-refractivity contribution < 1.29 is 14.3 Å². The molecule has 0 unspecified atom stereocenters. The van der Waals surface area contributed by atoms with Gasteiger partial charge in [0.15, 0.2) is 0 Å². The van der Waals surface area contributed by atoms with Crippen LogP contribution in [-0.2, 0) is 9.53 Å². The molecule has 1 rings (SSSR count). The maximum Gasteiger partial charge on any atom is 0.348 e. The number of ether oxygens (including phenoxy) is 2. The number of methoxy groups -OCH3 is 1. The molecule has 0 atom stereocenters. The summed E-state index contributed by atoms with van der Waals surface area (Å²) in [4.78, 5) is 11.4. The average molecular weight is 324 g/mol. The van der Waals surface area contributed by atoms with Gasteiger partial charge < -0.3 is 9.47 Å². The third kappa shape index (κ3) is 4.42. The monoisotopic (exact) mass is 323 g/mol. The van der Waals surface area contributed by atoms with Crippen LogP contribution < -0.4 is 4.74 Å². The second-order valence-electron chi connectivity index (χ2n) is 3.69. The van der Waals surface area contributed by atoms with E-state index in [0.717, 1.165) is 10.9 Å². The Hall–Kier alpha value is -1.80. The number of halogens is 1. The van der Waals surface area contributed by atoms with E-state index >= 15 is 0 Å². The van der Waals surface area contributed by atoms with E-state index in [0.29, 0.717) is 17.9 Å². The first-order chi connectivity index (χ1) is 9.12. The van der Waals surface area contributed by atoms with E-state index in [9.17, 15) is 4.79 Å². The lowest BCUT2D eigenvalue weighted by atomic mass is 10.1. The Labute approximate surface area is 120 Å². The van der Waals surface area contributed by atoms with Crippen molar-refractivity contribution in [3.8, 4) is 11.8 Å². The van der Waals surface area contributed by atoms with Crippen LogP contribution in [0.3, 0.4) is 0 Å². The minimum absolute atomic E-state index is 0.0676. The fourth-order valence-corrected chi connectivity index (χ4v) is 1.76. The lowest BCUT2D eigenvalue weighted by Crippen LogP contribution is -2.03. The third-order valence-corrected chi connectivity index (χ3v) is 2.75. The molecule has 0 spiro atoms. The van der Waals surface area contributed by atoms with Gasteiger partial charge in [0.1, 0.15) is 17.4 Å². The molecule has 0 aromatic heterocycles. The standard InChI is InChI=1S/C14H14BrNO3/c1-3-6-19-13-5-4-12(15)8-10(13)7-11(9-16)14(17)18-2/h4-5,7-8H,3,6H2,1-2H3. The molecule has 0 heterocycles. The van der Waals surface area contributed by atoms with Crippen molar-refractivity contribution in [2.45, 2.75) is 13.3 Å². The van der Waals surface area contributed by atoms with E-state index in [-0.39, 0.29) is 5.57 Å². The van der Waals surface area contributed by atoms with Gasteiger partial charge in [-0.05, 0) is 30.7 Å². The maximum atomic E-state index is 11.4. The molecule has 0 aliphatic carbocycles. The highest BCUT2D eigenvalue weighted by Gasteiger charge is 2.11. The first-order valence-electron chi connectivity index (χ1n) is 5.74. The van der Waals surface area contributed by atoms with Crippen LogP contribution in [0.1, 0.15) is 18.9 Å². The largest absolute Gasteiger partial charge is 0.493 e. The number of hydrogen-bond acceptors (Lipinski definition) is 4. The quantitative estimate of drug-likeness (QED) is 0.474. The molecule has 100 valence electrons. The predicted molar refractivity (Wildman–Crippen MR) is 75.5 cm³/mol. The topological polar surface area (TPSA) is 59.3 Å². The Bertz CT molecular complexity index is 532. The summed E-state index contributed by atoms with van der Waals surface area (Å²) in [5, 5.41) is 8.95. The van der Waals surface area contributed by atoms with E-state index in [1.54, 1.807) is 12.1 Å². The molecule has 0 bridgehead atoms. The van der Waals surface area contributed by atoms with Gasteiger partial charge in [-0.1, -0.05) is 22.9 Å². The summed E-state index contributed by atoms with van der Waals surface area (Å²) in [6, 6.07) is 7.23. The molecule has 0 amide bonds. The molecule has 0 saturated carbocycles. The number of carbonyl (C=O) groups is 1. The summed E-state index contributed by atoms with van der Waals surface area (Å²) < 4.78 is 11.0. The number of nitriles is 1. The lowest BCUT2D eigenvalue weighted by Gasteiger charge is -2.09. The first-order valence-corrected chi connectivity index (χ1v) is 6.54. The van der Waals surface area contributed by atoms with Crippen molar-refractivity contribution in [2.24, 2.45) is 0 Å². The summed E-state index contributed by atoms with van der Waals surface area (Å²) in [6.07, 6.45) is 2.34. The van der Waals surface area contributed by atoms with Gasteiger partial charge in [-0.15, -0.1) is 0 Å². The van der Waals surface area contributed by atoms with Gasteiger partial charge in [0.2, 0.25) is 0 Å². The van der Waals surface area contributed by atoms with Crippen molar-refractivity contribution in [2.75, 3.05) is 13.7 Å². The smallest absolute Gasteiger partial charge is 0.348 e. The number of nitrogens with zero attached hydrogens (tertiary/aromatic N) is 1. The fraction of sp³-hybridized carbons (Fsp3) is 0.286. The second-order valence-corrected chi connectivity index (χ2v) is 4.61. The van der Waals surface area contributed by atoms with Crippen LogP contribution in [0.2, 0.25) is 0 Å². The van der Waals surface area contributed by atoms with Gasteiger partial charge in [-0.2, -0.15) is 5.26 Å². The number of esters is 1. The van der Waals surface area contributed by atoms with Gasteiger partial charge in [-0.3, -0.25) is 0 Å². The Morgan fingerprint density at radius 1 is 1.53 bits per heavy atom. The molecule has 0 N–H and O–H groups in total. The SMILES string of the molecule is CCCOc1ccc(Br)cc1C=C(C#N)C(=O)OC. The molecular formula is C14H14BrNO3. The van der Waals surface area contributed by atoms with E-state index in [4.69, 9.17) is 10.00 Å². The fourth-order valence-electron chi connectivity index (χ4n) is 1.38. The molecule has 0 saturated heterocycles. The van der Waals surface area contributed by atoms with Crippen LogP contribution >= 0.6 is 15.9 Å².